The van der Waals surface area contributed by atoms with Crippen LogP contribution in [0.4, 0.5) is 11.4 Å². The summed E-state index contributed by atoms with van der Waals surface area (Å²) in [6.07, 6.45) is -1.12. The van der Waals surface area contributed by atoms with Gasteiger partial charge in [0, 0.05) is 16.4 Å². The molecule has 0 saturated heterocycles. The number of carbonyl (C=O) groups is 2. The van der Waals surface area contributed by atoms with Gasteiger partial charge < -0.3 is 14.8 Å². The number of benzene rings is 3. The van der Waals surface area contributed by atoms with E-state index in [1.54, 1.807) is 48.5 Å². The number of amides is 1. The van der Waals surface area contributed by atoms with E-state index in [2.05, 4.69) is 10.0 Å². The number of hydrogen-bond donors (Lipinski definition) is 2. The lowest BCUT2D eigenvalue weighted by Crippen LogP contribution is -2.30. The maximum Gasteiger partial charge on any atom is 0.338 e. The van der Waals surface area contributed by atoms with Crippen LogP contribution in [0.5, 0.6) is 5.75 Å². The van der Waals surface area contributed by atoms with Gasteiger partial charge in [0.05, 0.1) is 17.6 Å². The highest BCUT2D eigenvalue weighted by Gasteiger charge is 2.21. The summed E-state index contributed by atoms with van der Waals surface area (Å²) >= 11 is 5.82. The predicted octanol–water partition coefficient (Wildman–Crippen LogP) is 4.33. The Morgan fingerprint density at radius 2 is 1.58 bits per heavy atom. The summed E-state index contributed by atoms with van der Waals surface area (Å²) in [5.74, 6) is -0.803. The van der Waals surface area contributed by atoms with Crippen LogP contribution in [0.3, 0.4) is 0 Å². The minimum absolute atomic E-state index is 0.0150. The van der Waals surface area contributed by atoms with E-state index >= 15 is 0 Å². The molecule has 3 rings (SSSR count). The van der Waals surface area contributed by atoms with E-state index in [4.69, 9.17) is 21.1 Å². The molecule has 3 aromatic rings. The first-order chi connectivity index (χ1) is 15.7. The second kappa shape index (κ2) is 10.4. The third-order valence-corrected chi connectivity index (χ3v) is 6.12. The average Bonchev–Trinajstić information content (AvgIpc) is 2.80. The smallest absolute Gasteiger partial charge is 0.338 e. The number of halogens is 1. The summed E-state index contributed by atoms with van der Waals surface area (Å²) in [5.41, 5.74) is 0.806. The quantitative estimate of drug-likeness (QED) is 0.456. The fourth-order valence-electron chi connectivity index (χ4n) is 2.72. The van der Waals surface area contributed by atoms with Crippen molar-refractivity contribution in [3.8, 4) is 5.75 Å². The maximum atomic E-state index is 12.7. The van der Waals surface area contributed by atoms with Crippen LogP contribution in [0.1, 0.15) is 17.3 Å². The Bertz CT molecular complexity index is 1240. The SMILES string of the molecule is COc1ccc(NS(=O)(=O)c2cccc(C(=O)OC(C)C(=O)Nc3ccc(Cl)cc3)c2)cc1. The molecular formula is C23H21ClN2O6S. The zero-order valence-electron chi connectivity index (χ0n) is 17.7. The van der Waals surface area contributed by atoms with E-state index in [9.17, 15) is 18.0 Å². The molecule has 172 valence electrons. The number of sulfonamides is 1. The molecule has 2 N–H and O–H groups in total. The number of anilines is 2. The van der Waals surface area contributed by atoms with Gasteiger partial charge in [-0.2, -0.15) is 0 Å². The van der Waals surface area contributed by atoms with Gasteiger partial charge >= 0.3 is 5.97 Å². The molecule has 0 aliphatic heterocycles. The van der Waals surface area contributed by atoms with Gasteiger partial charge in [-0.1, -0.05) is 17.7 Å². The van der Waals surface area contributed by atoms with Crippen LogP contribution in [-0.2, 0) is 19.6 Å². The Morgan fingerprint density at radius 1 is 0.939 bits per heavy atom. The third-order valence-electron chi connectivity index (χ3n) is 4.49. The van der Waals surface area contributed by atoms with Crippen molar-refractivity contribution in [3.05, 3.63) is 83.4 Å². The van der Waals surface area contributed by atoms with E-state index in [1.807, 2.05) is 0 Å². The number of carbonyl (C=O) groups excluding carboxylic acids is 2. The summed E-state index contributed by atoms with van der Waals surface area (Å²) in [6.45, 7) is 1.41. The lowest BCUT2D eigenvalue weighted by atomic mass is 10.2. The summed E-state index contributed by atoms with van der Waals surface area (Å²) in [6, 6.07) is 18.1. The molecule has 0 spiro atoms. The second-order valence-electron chi connectivity index (χ2n) is 6.91. The van der Waals surface area contributed by atoms with Gasteiger partial charge in [-0.05, 0) is 73.7 Å². The van der Waals surface area contributed by atoms with E-state index in [1.165, 1.54) is 38.3 Å². The molecule has 0 aromatic heterocycles. The highest BCUT2D eigenvalue weighted by atomic mass is 35.5. The van der Waals surface area contributed by atoms with Crippen molar-refractivity contribution in [2.24, 2.45) is 0 Å². The molecule has 0 aliphatic carbocycles. The average molecular weight is 489 g/mol. The van der Waals surface area contributed by atoms with Gasteiger partial charge in [-0.15, -0.1) is 0 Å². The van der Waals surface area contributed by atoms with Crippen LogP contribution < -0.4 is 14.8 Å². The van der Waals surface area contributed by atoms with Crippen LogP contribution >= 0.6 is 11.6 Å². The molecule has 0 bridgehead atoms. The van der Waals surface area contributed by atoms with Crippen molar-refractivity contribution in [1.29, 1.82) is 0 Å². The number of hydrogen-bond acceptors (Lipinski definition) is 6. The topological polar surface area (TPSA) is 111 Å². The van der Waals surface area contributed by atoms with E-state index in [0.29, 0.717) is 22.1 Å². The van der Waals surface area contributed by atoms with Gasteiger partial charge in [0.1, 0.15) is 5.75 Å². The van der Waals surface area contributed by atoms with Crippen LogP contribution in [0.2, 0.25) is 5.02 Å². The molecule has 0 saturated carbocycles. The molecule has 1 atom stereocenters. The number of rotatable bonds is 8. The molecule has 0 fully saturated rings. The van der Waals surface area contributed by atoms with Crippen LogP contribution in [0.15, 0.2) is 77.7 Å². The van der Waals surface area contributed by atoms with Gasteiger partial charge in [-0.25, -0.2) is 13.2 Å². The molecule has 1 amide bonds. The van der Waals surface area contributed by atoms with Gasteiger partial charge in [0.15, 0.2) is 6.10 Å². The van der Waals surface area contributed by atoms with Crippen LogP contribution in [-0.4, -0.2) is 33.5 Å². The predicted molar refractivity (Wildman–Crippen MR) is 125 cm³/mol. The molecule has 8 nitrogen and oxygen atoms in total. The standard InChI is InChI=1S/C23H21ClN2O6S/c1-15(22(27)25-18-8-6-17(24)7-9-18)32-23(28)16-4-3-5-21(14-16)33(29,30)26-19-10-12-20(31-2)13-11-19/h3-15,26H,1-2H3,(H,25,27). The Kier molecular flexibility index (Phi) is 7.57. The maximum absolute atomic E-state index is 12.7. The highest BCUT2D eigenvalue weighted by molar-refractivity contribution is 7.92. The van der Waals surface area contributed by atoms with Crippen molar-refractivity contribution in [1.82, 2.24) is 0 Å². The van der Waals surface area contributed by atoms with Gasteiger partial charge in [-0.3, -0.25) is 9.52 Å². The molecule has 3 aromatic carbocycles. The second-order valence-corrected chi connectivity index (χ2v) is 9.02. The van der Waals surface area contributed by atoms with Crippen molar-refractivity contribution < 1.29 is 27.5 Å². The first kappa shape index (κ1) is 24.1. The lowest BCUT2D eigenvalue weighted by molar-refractivity contribution is -0.123. The van der Waals surface area contributed by atoms with E-state index < -0.39 is 28.0 Å². The number of esters is 1. The fraction of sp³-hybridized carbons (Fsp3) is 0.130. The molecule has 33 heavy (non-hydrogen) atoms. The largest absolute Gasteiger partial charge is 0.497 e. The lowest BCUT2D eigenvalue weighted by Gasteiger charge is -2.14. The molecule has 0 radical (unpaired) electrons. The minimum atomic E-state index is -3.97. The van der Waals surface area contributed by atoms with Crippen molar-refractivity contribution in [3.63, 3.8) is 0 Å². The van der Waals surface area contributed by atoms with Gasteiger partial charge in [0.25, 0.3) is 15.9 Å². The Labute approximate surface area is 196 Å². The fourth-order valence-corrected chi connectivity index (χ4v) is 3.95. The minimum Gasteiger partial charge on any atom is -0.497 e. The molecule has 10 heteroatoms. The normalized spacial score (nSPS) is 11.8. The highest BCUT2D eigenvalue weighted by Crippen LogP contribution is 2.20. The summed E-state index contributed by atoms with van der Waals surface area (Å²) < 4.78 is 38.1. The molecule has 0 aliphatic rings. The number of ether oxygens (including phenoxy) is 2. The van der Waals surface area contributed by atoms with Crippen molar-refractivity contribution in [2.75, 3.05) is 17.1 Å². The Hall–Kier alpha value is -3.56. The van der Waals surface area contributed by atoms with Crippen LogP contribution in [0.25, 0.3) is 0 Å². The zero-order valence-corrected chi connectivity index (χ0v) is 19.3. The monoisotopic (exact) mass is 488 g/mol. The third kappa shape index (κ3) is 6.47. The summed E-state index contributed by atoms with van der Waals surface area (Å²) in [4.78, 5) is 24.7. The van der Waals surface area contributed by atoms with Crippen molar-refractivity contribution >= 4 is 44.9 Å². The summed E-state index contributed by atoms with van der Waals surface area (Å²) in [7, 11) is -2.46. The molecular weight excluding hydrogens is 468 g/mol. The molecule has 1 unspecified atom stereocenters. The zero-order chi connectivity index (χ0) is 24.0. The van der Waals surface area contributed by atoms with E-state index in [-0.39, 0.29) is 10.5 Å². The van der Waals surface area contributed by atoms with E-state index in [0.717, 1.165) is 0 Å². The summed E-state index contributed by atoms with van der Waals surface area (Å²) in [5, 5.41) is 3.12. The Balaban J connectivity index is 1.67. The first-order valence-corrected chi connectivity index (χ1v) is 11.6. The van der Waals surface area contributed by atoms with Crippen molar-refractivity contribution in [2.45, 2.75) is 17.9 Å². The van der Waals surface area contributed by atoms with Gasteiger partial charge in [0.2, 0.25) is 0 Å². The number of methoxy groups -OCH3 is 1. The molecule has 0 heterocycles. The number of nitrogens with one attached hydrogen (secondary N) is 2. The first-order valence-electron chi connectivity index (χ1n) is 9.72. The Morgan fingerprint density at radius 3 is 2.21 bits per heavy atom. The van der Waals surface area contributed by atoms with Crippen LogP contribution in [0, 0.1) is 0 Å².